The van der Waals surface area contributed by atoms with E-state index in [2.05, 4.69) is 5.32 Å². The van der Waals surface area contributed by atoms with Crippen LogP contribution in [0.1, 0.15) is 32.8 Å². The van der Waals surface area contributed by atoms with Crippen molar-refractivity contribution in [2.45, 2.75) is 45.7 Å². The minimum absolute atomic E-state index is 0.0496. The van der Waals surface area contributed by atoms with Crippen molar-refractivity contribution in [2.75, 3.05) is 23.7 Å². The third-order valence-corrected chi connectivity index (χ3v) is 6.22. The summed E-state index contributed by atoms with van der Waals surface area (Å²) in [5, 5.41) is 2.84. The van der Waals surface area contributed by atoms with E-state index in [1.807, 2.05) is 44.2 Å². The second-order valence-electron chi connectivity index (χ2n) is 8.16. The Morgan fingerprint density at radius 3 is 2.27 bits per heavy atom. The average molecular weight is 478 g/mol. The van der Waals surface area contributed by atoms with E-state index < -0.39 is 34.3 Å². The molecule has 0 aliphatic heterocycles. The molecule has 2 aromatic rings. The van der Waals surface area contributed by atoms with Crippen LogP contribution < -0.4 is 9.62 Å². The van der Waals surface area contributed by atoms with Crippen LogP contribution in [0, 0.1) is 5.82 Å². The number of nitrogens with zero attached hydrogens (tertiary/aromatic N) is 2. The van der Waals surface area contributed by atoms with Gasteiger partial charge in [0.15, 0.2) is 0 Å². The number of anilines is 1. The van der Waals surface area contributed by atoms with Gasteiger partial charge in [-0.3, -0.25) is 13.9 Å². The van der Waals surface area contributed by atoms with Crippen LogP contribution in [0.15, 0.2) is 54.6 Å². The summed E-state index contributed by atoms with van der Waals surface area (Å²) in [6.07, 6.45) is 1.82. The molecule has 2 amide bonds. The summed E-state index contributed by atoms with van der Waals surface area (Å²) >= 11 is 0. The lowest BCUT2D eigenvalue weighted by Gasteiger charge is -2.33. The number of amides is 2. The zero-order valence-electron chi connectivity index (χ0n) is 19.5. The Balaban J connectivity index is 2.36. The van der Waals surface area contributed by atoms with Gasteiger partial charge in [-0.2, -0.15) is 0 Å². The van der Waals surface area contributed by atoms with Crippen molar-refractivity contribution in [3.05, 3.63) is 66.0 Å². The van der Waals surface area contributed by atoms with E-state index in [1.165, 1.54) is 23.1 Å². The molecule has 2 rings (SSSR count). The van der Waals surface area contributed by atoms with Gasteiger partial charge in [0, 0.05) is 12.6 Å². The highest BCUT2D eigenvalue weighted by atomic mass is 32.2. The fourth-order valence-electron chi connectivity index (χ4n) is 3.52. The van der Waals surface area contributed by atoms with E-state index in [0.717, 1.165) is 22.2 Å². The number of benzene rings is 2. The predicted octanol–water partition coefficient (Wildman–Crippen LogP) is 2.97. The van der Waals surface area contributed by atoms with Crippen LogP contribution in [0.2, 0.25) is 0 Å². The summed E-state index contributed by atoms with van der Waals surface area (Å²) in [6, 6.07) is 13.7. The van der Waals surface area contributed by atoms with E-state index in [0.29, 0.717) is 12.8 Å². The predicted molar refractivity (Wildman–Crippen MR) is 128 cm³/mol. The fourth-order valence-corrected chi connectivity index (χ4v) is 4.36. The van der Waals surface area contributed by atoms with Crippen molar-refractivity contribution >= 4 is 27.5 Å². The summed E-state index contributed by atoms with van der Waals surface area (Å²) in [7, 11) is -3.88. The van der Waals surface area contributed by atoms with Crippen molar-refractivity contribution in [1.82, 2.24) is 10.2 Å². The molecular weight excluding hydrogens is 445 g/mol. The molecule has 0 aromatic heterocycles. The second kappa shape index (κ2) is 11.8. The van der Waals surface area contributed by atoms with Gasteiger partial charge in [-0.05, 0) is 50.5 Å². The molecule has 0 aliphatic rings. The summed E-state index contributed by atoms with van der Waals surface area (Å²) in [4.78, 5) is 27.7. The van der Waals surface area contributed by atoms with Crippen LogP contribution in [0.4, 0.5) is 10.1 Å². The van der Waals surface area contributed by atoms with Crippen molar-refractivity contribution in [3.8, 4) is 0 Å². The first-order valence-corrected chi connectivity index (χ1v) is 12.7. The SMILES string of the molecule is CCC(C(=O)NC(C)C)N(CCc1ccccc1)C(=O)CN(c1cccc(F)c1)S(C)(=O)=O. The van der Waals surface area contributed by atoms with Crippen LogP contribution in [-0.2, 0) is 26.0 Å². The first kappa shape index (κ1) is 26.3. The summed E-state index contributed by atoms with van der Waals surface area (Å²) < 4.78 is 39.5. The monoisotopic (exact) mass is 477 g/mol. The number of hydrogen-bond acceptors (Lipinski definition) is 4. The third kappa shape index (κ3) is 7.85. The molecule has 0 bridgehead atoms. The number of halogens is 1. The number of sulfonamides is 1. The molecule has 0 aliphatic carbocycles. The molecule has 1 atom stereocenters. The Bertz CT molecular complexity index is 1040. The van der Waals surface area contributed by atoms with Crippen molar-refractivity contribution in [3.63, 3.8) is 0 Å². The van der Waals surface area contributed by atoms with E-state index in [1.54, 1.807) is 6.92 Å². The van der Waals surface area contributed by atoms with Crippen molar-refractivity contribution in [2.24, 2.45) is 0 Å². The maximum absolute atomic E-state index is 13.8. The van der Waals surface area contributed by atoms with Gasteiger partial charge in [-0.25, -0.2) is 12.8 Å². The maximum Gasteiger partial charge on any atom is 0.244 e. The standard InChI is InChI=1S/C24H32FN3O4S/c1-5-22(24(30)26-18(2)3)27(15-14-19-10-7-6-8-11-19)23(29)17-28(33(4,31)32)21-13-9-12-20(25)16-21/h6-13,16,18,22H,5,14-15,17H2,1-4H3,(H,26,30). The smallest absolute Gasteiger partial charge is 0.244 e. The molecule has 0 saturated carbocycles. The number of carbonyl (C=O) groups excluding carboxylic acids is 2. The highest BCUT2D eigenvalue weighted by Crippen LogP contribution is 2.20. The minimum atomic E-state index is -3.88. The van der Waals surface area contributed by atoms with Crippen LogP contribution in [0.5, 0.6) is 0 Å². The number of hydrogen-bond donors (Lipinski definition) is 1. The number of carbonyl (C=O) groups is 2. The topological polar surface area (TPSA) is 86.8 Å². The molecule has 0 saturated heterocycles. The van der Waals surface area contributed by atoms with E-state index in [4.69, 9.17) is 0 Å². The molecule has 0 radical (unpaired) electrons. The van der Waals surface area contributed by atoms with Gasteiger partial charge in [0.1, 0.15) is 18.4 Å². The molecule has 0 fully saturated rings. The van der Waals surface area contributed by atoms with Crippen molar-refractivity contribution in [1.29, 1.82) is 0 Å². The molecule has 1 N–H and O–H groups in total. The number of rotatable bonds is 11. The van der Waals surface area contributed by atoms with Gasteiger partial charge < -0.3 is 10.2 Å². The molecule has 180 valence electrons. The zero-order chi connectivity index (χ0) is 24.6. The zero-order valence-corrected chi connectivity index (χ0v) is 20.3. The van der Waals surface area contributed by atoms with Crippen molar-refractivity contribution < 1.29 is 22.4 Å². The highest BCUT2D eigenvalue weighted by molar-refractivity contribution is 7.92. The fraction of sp³-hybridized carbons (Fsp3) is 0.417. The van der Waals surface area contributed by atoms with E-state index in [-0.39, 0.29) is 24.2 Å². The molecule has 1 unspecified atom stereocenters. The quantitative estimate of drug-likeness (QED) is 0.539. The molecule has 7 nitrogen and oxygen atoms in total. The Morgan fingerprint density at radius 2 is 1.73 bits per heavy atom. The lowest BCUT2D eigenvalue weighted by molar-refractivity contribution is -0.139. The second-order valence-corrected chi connectivity index (χ2v) is 10.1. The highest BCUT2D eigenvalue weighted by Gasteiger charge is 2.31. The molecule has 33 heavy (non-hydrogen) atoms. The van der Waals surface area contributed by atoms with Gasteiger partial charge in [0.05, 0.1) is 11.9 Å². The largest absolute Gasteiger partial charge is 0.352 e. The van der Waals surface area contributed by atoms with Gasteiger partial charge in [-0.15, -0.1) is 0 Å². The Morgan fingerprint density at radius 1 is 1.06 bits per heavy atom. The lowest BCUT2D eigenvalue weighted by Crippen LogP contribution is -2.54. The summed E-state index contributed by atoms with van der Waals surface area (Å²) in [5.74, 6) is -1.45. The normalized spacial score (nSPS) is 12.3. The van der Waals surface area contributed by atoms with Crippen LogP contribution in [0.25, 0.3) is 0 Å². The summed E-state index contributed by atoms with van der Waals surface area (Å²) in [5.41, 5.74) is 1.04. The number of nitrogens with one attached hydrogen (secondary N) is 1. The Hall–Kier alpha value is -2.94. The van der Waals surface area contributed by atoms with Crippen LogP contribution >= 0.6 is 0 Å². The average Bonchev–Trinajstić information content (AvgIpc) is 2.74. The molecule has 0 heterocycles. The van der Waals surface area contributed by atoms with Gasteiger partial charge in [0.25, 0.3) is 0 Å². The summed E-state index contributed by atoms with van der Waals surface area (Å²) in [6.45, 7) is 5.15. The third-order valence-electron chi connectivity index (χ3n) is 5.08. The molecule has 2 aromatic carbocycles. The Kier molecular flexibility index (Phi) is 9.40. The van der Waals surface area contributed by atoms with Crippen LogP contribution in [-0.4, -0.2) is 56.6 Å². The Labute approximate surface area is 195 Å². The van der Waals surface area contributed by atoms with E-state index >= 15 is 0 Å². The molecule has 9 heteroatoms. The molecular formula is C24H32FN3O4S. The van der Waals surface area contributed by atoms with Gasteiger partial charge >= 0.3 is 0 Å². The molecule has 0 spiro atoms. The van der Waals surface area contributed by atoms with Crippen LogP contribution in [0.3, 0.4) is 0 Å². The first-order chi connectivity index (χ1) is 15.5. The minimum Gasteiger partial charge on any atom is -0.352 e. The lowest BCUT2D eigenvalue weighted by atomic mass is 10.1. The van der Waals surface area contributed by atoms with Gasteiger partial charge in [0.2, 0.25) is 21.8 Å². The van der Waals surface area contributed by atoms with E-state index in [9.17, 15) is 22.4 Å². The van der Waals surface area contributed by atoms with Gasteiger partial charge in [-0.1, -0.05) is 43.3 Å². The first-order valence-electron chi connectivity index (χ1n) is 10.9. The maximum atomic E-state index is 13.8.